The minimum atomic E-state index is -3.58. The topological polar surface area (TPSA) is 112 Å². The summed E-state index contributed by atoms with van der Waals surface area (Å²) in [6, 6.07) is 14.6. The number of benzene rings is 2. The third-order valence-corrected chi connectivity index (χ3v) is 8.01. The van der Waals surface area contributed by atoms with E-state index >= 15 is 0 Å². The van der Waals surface area contributed by atoms with Crippen LogP contribution in [-0.4, -0.2) is 60.6 Å². The molecule has 2 N–H and O–H groups in total. The van der Waals surface area contributed by atoms with Gasteiger partial charge in [-0.3, -0.25) is 0 Å². The molecule has 2 aromatic carbocycles. The third-order valence-electron chi connectivity index (χ3n) is 6.69. The van der Waals surface area contributed by atoms with Crippen molar-refractivity contribution < 1.29 is 32.2 Å². The van der Waals surface area contributed by atoms with Crippen LogP contribution in [0.25, 0.3) is 0 Å². The van der Waals surface area contributed by atoms with Gasteiger partial charge in [-0.25, -0.2) is 17.9 Å². The van der Waals surface area contributed by atoms with Crippen LogP contribution in [0, 0.1) is 11.8 Å². The lowest BCUT2D eigenvalue weighted by Crippen LogP contribution is -2.42. The van der Waals surface area contributed by atoms with Crippen LogP contribution in [0.15, 0.2) is 48.5 Å². The van der Waals surface area contributed by atoms with Crippen molar-refractivity contribution in [2.24, 2.45) is 11.8 Å². The number of cyclic esters (lactones) is 1. The van der Waals surface area contributed by atoms with E-state index < -0.39 is 22.2 Å². The first-order valence-electron chi connectivity index (χ1n) is 13.0. The van der Waals surface area contributed by atoms with Crippen LogP contribution >= 0.6 is 0 Å². The van der Waals surface area contributed by atoms with Gasteiger partial charge in [0, 0.05) is 26.7 Å². The Hall–Kier alpha value is -2.82. The molecule has 1 amide bonds. The number of ether oxygens (including phenoxy) is 4. The van der Waals surface area contributed by atoms with Crippen LogP contribution in [0.5, 0.6) is 11.5 Å². The van der Waals surface area contributed by atoms with Crippen LogP contribution in [0.1, 0.15) is 37.8 Å². The molecule has 0 bridgehead atoms. The molecule has 1 aliphatic rings. The molecule has 0 spiro atoms. The molecule has 1 saturated heterocycles. The van der Waals surface area contributed by atoms with Gasteiger partial charge < -0.3 is 24.3 Å². The Bertz CT molecular complexity index is 1130. The first kappa shape index (κ1) is 29.7. The molecular weight excluding hydrogens is 508 g/mol. The Kier molecular flexibility index (Phi) is 11.2. The van der Waals surface area contributed by atoms with Gasteiger partial charge in [0.1, 0.15) is 6.10 Å². The number of nitrogens with one attached hydrogen (secondary N) is 2. The van der Waals surface area contributed by atoms with Gasteiger partial charge in [-0.05, 0) is 47.9 Å². The van der Waals surface area contributed by atoms with Crippen molar-refractivity contribution in [3.05, 3.63) is 59.7 Å². The summed E-state index contributed by atoms with van der Waals surface area (Å²) < 4.78 is 49.8. The third kappa shape index (κ3) is 9.18. The van der Waals surface area contributed by atoms with Crippen molar-refractivity contribution in [3.8, 4) is 11.5 Å². The molecule has 38 heavy (non-hydrogen) atoms. The van der Waals surface area contributed by atoms with E-state index in [0.717, 1.165) is 18.4 Å². The van der Waals surface area contributed by atoms with Gasteiger partial charge in [0.15, 0.2) is 11.5 Å². The van der Waals surface area contributed by atoms with Crippen molar-refractivity contribution in [2.45, 2.75) is 51.0 Å². The summed E-state index contributed by atoms with van der Waals surface area (Å²) in [7, 11) is -0.304. The molecule has 1 aliphatic heterocycles. The number of sulfonamides is 1. The first-order chi connectivity index (χ1) is 18.2. The first-order valence-corrected chi connectivity index (χ1v) is 14.6. The Labute approximate surface area is 226 Å². The van der Waals surface area contributed by atoms with Crippen molar-refractivity contribution in [1.82, 2.24) is 10.0 Å². The average Bonchev–Trinajstić information content (AvgIpc) is 3.24. The van der Waals surface area contributed by atoms with Crippen LogP contribution < -0.4 is 19.5 Å². The van der Waals surface area contributed by atoms with Crippen LogP contribution in [0.3, 0.4) is 0 Å². The Balaban J connectivity index is 1.63. The van der Waals surface area contributed by atoms with E-state index in [2.05, 4.69) is 23.9 Å². The maximum Gasteiger partial charge on any atom is 0.407 e. The van der Waals surface area contributed by atoms with E-state index in [4.69, 9.17) is 18.9 Å². The second-order valence-electron chi connectivity index (χ2n) is 9.91. The minimum Gasteiger partial charge on any atom is -0.493 e. The van der Waals surface area contributed by atoms with E-state index in [1.54, 1.807) is 38.5 Å². The predicted molar refractivity (Wildman–Crippen MR) is 146 cm³/mol. The number of alkyl carbamates (subject to hydrolysis) is 1. The van der Waals surface area contributed by atoms with Gasteiger partial charge in [0.2, 0.25) is 10.0 Å². The smallest absolute Gasteiger partial charge is 0.407 e. The lowest BCUT2D eigenvalue weighted by Gasteiger charge is -2.26. The Morgan fingerprint density at radius 1 is 1.03 bits per heavy atom. The molecule has 0 saturated carbocycles. The van der Waals surface area contributed by atoms with Gasteiger partial charge in [-0.2, -0.15) is 0 Å². The largest absolute Gasteiger partial charge is 0.493 e. The zero-order valence-corrected chi connectivity index (χ0v) is 23.5. The van der Waals surface area contributed by atoms with E-state index in [1.165, 1.54) is 0 Å². The maximum absolute atomic E-state index is 12.6. The van der Waals surface area contributed by atoms with Crippen molar-refractivity contribution in [1.29, 1.82) is 0 Å². The molecular formula is C28H40N2O7S. The number of rotatable bonds is 16. The van der Waals surface area contributed by atoms with Crippen molar-refractivity contribution >= 4 is 16.1 Å². The highest BCUT2D eigenvalue weighted by Crippen LogP contribution is 2.32. The highest BCUT2D eigenvalue weighted by molar-refractivity contribution is 7.88. The quantitative estimate of drug-likeness (QED) is 0.306. The van der Waals surface area contributed by atoms with Gasteiger partial charge in [-0.1, -0.05) is 50.2 Å². The fourth-order valence-corrected chi connectivity index (χ4v) is 5.66. The summed E-state index contributed by atoms with van der Waals surface area (Å²) in [6.45, 7) is 5.45. The molecule has 0 radical (unpaired) electrons. The zero-order chi connectivity index (χ0) is 27.5. The monoisotopic (exact) mass is 548 g/mol. The molecule has 0 aliphatic carbocycles. The van der Waals surface area contributed by atoms with Gasteiger partial charge >= 0.3 is 6.09 Å². The van der Waals surface area contributed by atoms with Crippen LogP contribution in [0.4, 0.5) is 4.79 Å². The number of carbonyl (C=O) groups excluding carboxylic acids is 1. The summed E-state index contributed by atoms with van der Waals surface area (Å²) in [6.07, 6.45) is 1.06. The van der Waals surface area contributed by atoms with Crippen molar-refractivity contribution in [2.75, 3.05) is 34.0 Å². The second-order valence-corrected chi connectivity index (χ2v) is 11.7. The fourth-order valence-electron chi connectivity index (χ4n) is 4.51. The second kappa shape index (κ2) is 14.4. The average molecular weight is 549 g/mol. The molecule has 1 heterocycles. The van der Waals surface area contributed by atoms with Crippen LogP contribution in [-0.2, 0) is 31.7 Å². The number of methoxy groups -OCH3 is 2. The van der Waals surface area contributed by atoms with E-state index in [0.29, 0.717) is 42.6 Å². The summed E-state index contributed by atoms with van der Waals surface area (Å²) >= 11 is 0. The Morgan fingerprint density at radius 3 is 2.47 bits per heavy atom. The highest BCUT2D eigenvalue weighted by atomic mass is 32.2. The summed E-state index contributed by atoms with van der Waals surface area (Å²) in [4.78, 5) is 12.1. The minimum absolute atomic E-state index is 0.0192. The van der Waals surface area contributed by atoms with E-state index in [1.807, 2.05) is 24.3 Å². The van der Waals surface area contributed by atoms with Crippen LogP contribution in [0.2, 0.25) is 0 Å². The predicted octanol–water partition coefficient (Wildman–Crippen LogP) is 3.91. The standard InChI is InChI=1S/C28H40N2O7S/c1-20(2)23(15-22-11-12-25(35-4)26(16-22)36-14-8-13-34-3)17-24-27(37-28(31)30-24)18-29-38(32,33)19-21-9-6-5-7-10-21/h5-7,9-12,16,20,23-24,27,29H,8,13-15,17-19H2,1-4H3,(H,30,31)/t23-,24-,27-/m0/s1. The zero-order valence-electron chi connectivity index (χ0n) is 22.6. The van der Waals surface area contributed by atoms with Gasteiger partial charge in [0.25, 0.3) is 0 Å². The van der Waals surface area contributed by atoms with Gasteiger partial charge in [0.05, 0.1) is 25.5 Å². The molecule has 210 valence electrons. The molecule has 0 unspecified atom stereocenters. The molecule has 0 aromatic heterocycles. The molecule has 3 rings (SSSR count). The normalized spacial score (nSPS) is 18.2. The molecule has 10 heteroatoms. The molecule has 9 nitrogen and oxygen atoms in total. The number of amides is 1. The van der Waals surface area contributed by atoms with Gasteiger partial charge in [-0.15, -0.1) is 0 Å². The summed E-state index contributed by atoms with van der Waals surface area (Å²) in [5.41, 5.74) is 1.79. The lowest BCUT2D eigenvalue weighted by atomic mass is 9.83. The van der Waals surface area contributed by atoms with E-state index in [9.17, 15) is 13.2 Å². The van der Waals surface area contributed by atoms with E-state index in [-0.39, 0.29) is 24.3 Å². The SMILES string of the molecule is COCCCOc1cc(C[C@@H](C[C@@H]2NC(=O)O[C@H]2CNS(=O)(=O)Cc2ccccc2)C(C)C)ccc1OC. The summed E-state index contributed by atoms with van der Waals surface area (Å²) in [5.74, 6) is 1.75. The maximum atomic E-state index is 12.6. The van der Waals surface area contributed by atoms with Crippen molar-refractivity contribution in [3.63, 3.8) is 0 Å². The number of carbonyl (C=O) groups is 1. The number of hydrogen-bond donors (Lipinski definition) is 2. The highest BCUT2D eigenvalue weighted by Gasteiger charge is 2.36. The molecule has 1 fully saturated rings. The summed E-state index contributed by atoms with van der Waals surface area (Å²) in [5, 5.41) is 2.88. The Morgan fingerprint density at radius 2 is 1.79 bits per heavy atom. The molecule has 3 atom stereocenters. The lowest BCUT2D eigenvalue weighted by molar-refractivity contribution is 0.128. The fraction of sp³-hybridized carbons (Fsp3) is 0.536. The number of hydrogen-bond acceptors (Lipinski definition) is 7. The molecule has 2 aromatic rings.